The van der Waals surface area contributed by atoms with Gasteiger partial charge in [-0.05, 0) is 62.3 Å². The second-order valence-electron chi connectivity index (χ2n) is 9.77. The summed E-state index contributed by atoms with van der Waals surface area (Å²) in [6.45, 7) is 6.60. The third kappa shape index (κ3) is 5.35. The summed E-state index contributed by atoms with van der Waals surface area (Å²) in [4.78, 5) is 17.1. The smallest absolute Gasteiger partial charge is 0.266 e. The molecule has 3 fully saturated rings. The van der Waals surface area contributed by atoms with Crippen molar-refractivity contribution in [2.45, 2.75) is 50.2 Å². The number of carbonyl (C=O) groups excluding carboxylic acids is 1. The van der Waals surface area contributed by atoms with Crippen molar-refractivity contribution in [2.75, 3.05) is 57.3 Å². The number of nitrogens with one attached hydrogen (secondary N) is 1. The minimum absolute atomic E-state index is 0.203. The summed E-state index contributed by atoms with van der Waals surface area (Å²) in [6, 6.07) is 7.90. The van der Waals surface area contributed by atoms with E-state index in [-0.39, 0.29) is 12.8 Å². The lowest BCUT2D eigenvalue weighted by molar-refractivity contribution is -0.133. The van der Waals surface area contributed by atoms with Crippen molar-refractivity contribution < 1.29 is 23.2 Å². The van der Waals surface area contributed by atoms with E-state index in [1.54, 1.807) is 5.48 Å². The van der Waals surface area contributed by atoms with Crippen LogP contribution in [0.4, 0.5) is 5.69 Å². The lowest BCUT2D eigenvalue weighted by Crippen LogP contribution is -2.63. The van der Waals surface area contributed by atoms with Gasteiger partial charge in [-0.15, -0.1) is 0 Å². The normalized spacial score (nSPS) is 21.9. The number of hydroxylamine groups is 1. The Bertz CT molecular complexity index is 919. The zero-order valence-corrected chi connectivity index (χ0v) is 20.9. The number of piperazine rings is 1. The number of benzene rings is 1. The Morgan fingerprint density at radius 3 is 2.29 bits per heavy atom. The van der Waals surface area contributed by atoms with Gasteiger partial charge in [0.05, 0.1) is 6.61 Å². The molecular formula is C24H38N4O5S. The average molecular weight is 495 g/mol. The number of amides is 1. The highest BCUT2D eigenvalue weighted by atomic mass is 32.2. The van der Waals surface area contributed by atoms with Crippen LogP contribution in [-0.2, 0) is 14.8 Å². The summed E-state index contributed by atoms with van der Waals surface area (Å²) in [7, 11) is -3.93. The Hall–Kier alpha value is -1.88. The number of unbranched alkanes of at least 4 members (excludes halogenated alkanes) is 1. The molecule has 10 heteroatoms. The summed E-state index contributed by atoms with van der Waals surface area (Å²) in [5.74, 6) is 0.740. The number of carbonyl (C=O) groups is 1. The van der Waals surface area contributed by atoms with Crippen LogP contribution in [0.2, 0.25) is 0 Å². The number of anilines is 1. The van der Waals surface area contributed by atoms with E-state index in [9.17, 15) is 18.4 Å². The van der Waals surface area contributed by atoms with E-state index >= 15 is 0 Å². The molecule has 3 aliphatic rings. The molecule has 0 bridgehead atoms. The fourth-order valence-electron chi connectivity index (χ4n) is 4.99. The highest BCUT2D eigenvalue weighted by Crippen LogP contribution is 2.37. The summed E-state index contributed by atoms with van der Waals surface area (Å²) in [5, 5.41) is 9.40. The fourth-order valence-corrected chi connectivity index (χ4v) is 7.10. The van der Waals surface area contributed by atoms with Gasteiger partial charge in [-0.3, -0.25) is 10.0 Å². The van der Waals surface area contributed by atoms with Crippen LogP contribution < -0.4 is 15.1 Å². The first-order valence-electron chi connectivity index (χ1n) is 12.5. The van der Waals surface area contributed by atoms with Crippen molar-refractivity contribution in [1.29, 1.82) is 0 Å². The van der Waals surface area contributed by atoms with Gasteiger partial charge in [0.15, 0.2) is 4.75 Å². The predicted molar refractivity (Wildman–Crippen MR) is 131 cm³/mol. The molecule has 0 spiro atoms. The molecule has 0 atom stereocenters. The number of sulfonamides is 1. The molecular weight excluding hydrogens is 456 g/mol. The van der Waals surface area contributed by atoms with Crippen LogP contribution in [0.5, 0.6) is 5.75 Å². The molecule has 1 aliphatic carbocycles. The first-order chi connectivity index (χ1) is 16.4. The van der Waals surface area contributed by atoms with Gasteiger partial charge in [0, 0.05) is 51.5 Å². The molecule has 2 saturated heterocycles. The van der Waals surface area contributed by atoms with Crippen molar-refractivity contribution in [1.82, 2.24) is 14.7 Å². The molecule has 1 aromatic carbocycles. The van der Waals surface area contributed by atoms with Gasteiger partial charge < -0.3 is 14.5 Å². The zero-order chi connectivity index (χ0) is 24.2. The molecule has 190 valence electrons. The molecule has 2 aliphatic heterocycles. The number of piperidine rings is 1. The number of rotatable bonds is 10. The third-order valence-electron chi connectivity index (χ3n) is 7.43. The van der Waals surface area contributed by atoms with E-state index in [0.29, 0.717) is 51.8 Å². The number of hydrogen-bond acceptors (Lipinski definition) is 7. The number of nitrogens with zero attached hydrogens (tertiary/aromatic N) is 3. The van der Waals surface area contributed by atoms with Gasteiger partial charge in [0.25, 0.3) is 5.91 Å². The zero-order valence-electron chi connectivity index (χ0n) is 20.1. The molecule has 1 aromatic rings. The van der Waals surface area contributed by atoms with E-state index in [1.807, 2.05) is 24.3 Å². The quantitative estimate of drug-likeness (QED) is 0.292. The Balaban J connectivity index is 1.38. The summed E-state index contributed by atoms with van der Waals surface area (Å²) in [5.41, 5.74) is 2.69. The van der Waals surface area contributed by atoms with Gasteiger partial charge in [-0.1, -0.05) is 13.3 Å². The lowest BCUT2D eigenvalue weighted by Gasteiger charge is -2.44. The molecule has 1 amide bonds. The van der Waals surface area contributed by atoms with Gasteiger partial charge in [0.1, 0.15) is 5.75 Å². The Labute approximate surface area is 203 Å². The van der Waals surface area contributed by atoms with E-state index in [2.05, 4.69) is 16.7 Å². The van der Waals surface area contributed by atoms with Crippen molar-refractivity contribution in [3.63, 3.8) is 0 Å². The Kier molecular flexibility index (Phi) is 8.01. The molecule has 4 rings (SSSR count). The number of ether oxygens (including phenoxy) is 1. The van der Waals surface area contributed by atoms with Crippen LogP contribution in [0, 0.1) is 5.92 Å². The molecule has 2 heterocycles. The molecule has 1 saturated carbocycles. The van der Waals surface area contributed by atoms with E-state index in [1.165, 1.54) is 17.1 Å². The minimum Gasteiger partial charge on any atom is -0.494 e. The number of likely N-dealkylation sites (tertiary alicyclic amines) is 1. The van der Waals surface area contributed by atoms with Crippen LogP contribution in [0.25, 0.3) is 0 Å². The maximum atomic E-state index is 13.7. The first-order valence-corrected chi connectivity index (χ1v) is 14.0. The van der Waals surface area contributed by atoms with Crippen molar-refractivity contribution in [3.8, 4) is 5.75 Å². The van der Waals surface area contributed by atoms with Crippen molar-refractivity contribution in [3.05, 3.63) is 24.3 Å². The van der Waals surface area contributed by atoms with Gasteiger partial charge in [-0.2, -0.15) is 4.31 Å². The molecule has 2 N–H and O–H groups in total. The molecule has 9 nitrogen and oxygen atoms in total. The molecule has 34 heavy (non-hydrogen) atoms. The monoisotopic (exact) mass is 494 g/mol. The highest BCUT2D eigenvalue weighted by Gasteiger charge is 2.55. The van der Waals surface area contributed by atoms with Crippen LogP contribution in [0.15, 0.2) is 24.3 Å². The van der Waals surface area contributed by atoms with E-state index in [4.69, 9.17) is 4.74 Å². The van der Waals surface area contributed by atoms with Crippen LogP contribution in [0.3, 0.4) is 0 Å². The summed E-state index contributed by atoms with van der Waals surface area (Å²) in [6.07, 6.45) is 4.98. The maximum Gasteiger partial charge on any atom is 0.266 e. The topological polar surface area (TPSA) is 102 Å². The minimum atomic E-state index is -3.93. The van der Waals surface area contributed by atoms with Gasteiger partial charge in [-0.25, -0.2) is 13.9 Å². The predicted octanol–water partition coefficient (Wildman–Crippen LogP) is 2.07. The highest BCUT2D eigenvalue weighted by molar-refractivity contribution is 7.91. The fraction of sp³-hybridized carbons (Fsp3) is 0.708. The summed E-state index contributed by atoms with van der Waals surface area (Å²) >= 11 is 0. The van der Waals surface area contributed by atoms with Crippen LogP contribution in [-0.4, -0.2) is 85.9 Å². The molecule has 0 aromatic heterocycles. The SMILES string of the molecule is CCCCOc1ccc(N2CCN(S(=O)(=O)C3(C(=O)NO)CCN(CC4CC4)CC3)CC2)cc1. The maximum absolute atomic E-state index is 13.7. The van der Waals surface area contributed by atoms with Crippen LogP contribution >= 0.6 is 0 Å². The largest absolute Gasteiger partial charge is 0.494 e. The first kappa shape index (κ1) is 25.2. The van der Waals surface area contributed by atoms with Crippen molar-refractivity contribution >= 4 is 21.6 Å². The second-order valence-corrected chi connectivity index (χ2v) is 12.0. The van der Waals surface area contributed by atoms with E-state index in [0.717, 1.165) is 30.8 Å². The third-order valence-corrected chi connectivity index (χ3v) is 10.1. The Morgan fingerprint density at radius 2 is 1.74 bits per heavy atom. The molecule has 0 unspecified atom stereocenters. The average Bonchev–Trinajstić information content (AvgIpc) is 3.69. The van der Waals surface area contributed by atoms with Gasteiger partial charge in [0.2, 0.25) is 10.0 Å². The van der Waals surface area contributed by atoms with E-state index < -0.39 is 20.7 Å². The standard InChI is InChI=1S/C24H38N4O5S/c1-2-3-18-33-22-8-6-21(7-9-22)27-14-16-28(17-15-27)34(31,32)24(23(29)25-30)10-12-26(13-11-24)19-20-4-5-20/h6-9,20,30H,2-5,10-19H2,1H3,(H,25,29). The van der Waals surface area contributed by atoms with Crippen LogP contribution in [0.1, 0.15) is 45.4 Å². The Morgan fingerprint density at radius 1 is 1.09 bits per heavy atom. The number of hydrogen-bond donors (Lipinski definition) is 2. The molecule has 0 radical (unpaired) electrons. The summed E-state index contributed by atoms with van der Waals surface area (Å²) < 4.78 is 33.0. The second kappa shape index (κ2) is 10.8. The van der Waals surface area contributed by atoms with Crippen molar-refractivity contribution in [2.24, 2.45) is 5.92 Å². The lowest BCUT2D eigenvalue weighted by atomic mass is 9.94. The van der Waals surface area contributed by atoms with Gasteiger partial charge >= 0.3 is 0 Å².